The Morgan fingerprint density at radius 1 is 1.06 bits per heavy atom. The van der Waals surface area contributed by atoms with Crippen LogP contribution in [0.25, 0.3) is 16.6 Å². The smallest absolute Gasteiger partial charge is 0.267 e. The van der Waals surface area contributed by atoms with E-state index >= 15 is 0 Å². The fourth-order valence-electron chi connectivity index (χ4n) is 4.93. The summed E-state index contributed by atoms with van der Waals surface area (Å²) in [5, 5.41) is 3.93. The van der Waals surface area contributed by atoms with Gasteiger partial charge in [0.25, 0.3) is 11.5 Å². The summed E-state index contributed by atoms with van der Waals surface area (Å²) in [7, 11) is 1.73. The molecule has 2 aromatic heterocycles. The van der Waals surface area contributed by atoms with Gasteiger partial charge in [-0.25, -0.2) is 15.0 Å². The molecule has 0 aliphatic carbocycles. The molecule has 1 fully saturated rings. The zero-order valence-electron chi connectivity index (χ0n) is 19.0. The number of benzene rings is 2. The highest BCUT2D eigenvalue weighted by molar-refractivity contribution is 6.35. The second-order valence-electron chi connectivity index (χ2n) is 8.69. The number of nitrogens with one attached hydrogen (secondary N) is 1. The molecule has 9 nitrogen and oxygen atoms in total. The van der Waals surface area contributed by atoms with Crippen LogP contribution in [0.2, 0.25) is 5.02 Å². The van der Waals surface area contributed by atoms with Crippen molar-refractivity contribution in [2.24, 2.45) is 0 Å². The highest BCUT2D eigenvalue weighted by Gasteiger charge is 2.37. The standard InChI is InChI=1S/C25H22ClN7O2/c1-31-14-29-21-20(24(31)34)23(28-13-27-21)32-12-6-11-18(32)22-30-17-10-5-9-16(26)19(17)25(35)33(22)15-7-3-2-4-8-15/h2-5,7-10,13,18H,6,11-12,14H2,1H3,(H,27,28,29). The largest absolute Gasteiger partial charge is 0.352 e. The summed E-state index contributed by atoms with van der Waals surface area (Å²) in [5.74, 6) is 1.51. The Kier molecular flexibility index (Phi) is 5.14. The number of rotatable bonds is 3. The third-order valence-electron chi connectivity index (χ3n) is 6.58. The van der Waals surface area contributed by atoms with Gasteiger partial charge in [-0.3, -0.25) is 14.2 Å². The Morgan fingerprint density at radius 2 is 1.89 bits per heavy atom. The molecule has 1 N–H and O–H groups in total. The van der Waals surface area contributed by atoms with E-state index in [9.17, 15) is 9.59 Å². The highest BCUT2D eigenvalue weighted by atomic mass is 35.5. The summed E-state index contributed by atoms with van der Waals surface area (Å²) in [5.41, 5.74) is 1.45. The average Bonchev–Trinajstić information content (AvgIpc) is 3.36. The van der Waals surface area contributed by atoms with E-state index in [0.717, 1.165) is 12.8 Å². The lowest BCUT2D eigenvalue weighted by atomic mass is 10.1. The summed E-state index contributed by atoms with van der Waals surface area (Å²) in [4.78, 5) is 44.3. The van der Waals surface area contributed by atoms with Gasteiger partial charge in [-0.15, -0.1) is 0 Å². The lowest BCUT2D eigenvalue weighted by molar-refractivity contribution is 0.0796. The molecule has 1 atom stereocenters. The molecule has 4 heterocycles. The van der Waals surface area contributed by atoms with E-state index in [1.807, 2.05) is 30.3 Å². The molecule has 10 heteroatoms. The van der Waals surface area contributed by atoms with Crippen LogP contribution in [0.1, 0.15) is 35.1 Å². The first kappa shape index (κ1) is 21.5. The number of fused-ring (bicyclic) bond motifs is 2. The Hall–Kier alpha value is -3.98. The minimum Gasteiger partial charge on any atom is -0.352 e. The van der Waals surface area contributed by atoms with Crippen molar-refractivity contribution in [3.05, 3.63) is 81.6 Å². The van der Waals surface area contributed by atoms with Crippen molar-refractivity contribution in [1.82, 2.24) is 24.4 Å². The second-order valence-corrected chi connectivity index (χ2v) is 9.10. The maximum atomic E-state index is 13.8. The van der Waals surface area contributed by atoms with Crippen molar-refractivity contribution in [2.75, 3.05) is 30.5 Å². The number of anilines is 2. The van der Waals surface area contributed by atoms with E-state index in [1.54, 1.807) is 34.7 Å². The monoisotopic (exact) mass is 487 g/mol. The molecular formula is C25H22ClN7O2. The van der Waals surface area contributed by atoms with Gasteiger partial charge in [-0.1, -0.05) is 35.9 Å². The molecule has 2 aromatic carbocycles. The minimum atomic E-state index is -0.273. The van der Waals surface area contributed by atoms with E-state index < -0.39 is 0 Å². The molecule has 0 radical (unpaired) electrons. The van der Waals surface area contributed by atoms with Crippen LogP contribution in [0.4, 0.5) is 11.6 Å². The predicted molar refractivity (Wildman–Crippen MR) is 134 cm³/mol. The third kappa shape index (κ3) is 3.42. The number of amides is 1. The quantitative estimate of drug-likeness (QED) is 0.471. The second kappa shape index (κ2) is 8.35. The number of carbonyl (C=O) groups is 1. The van der Waals surface area contributed by atoms with Crippen molar-refractivity contribution in [3.8, 4) is 5.69 Å². The Bertz CT molecular complexity index is 1520. The number of aromatic nitrogens is 4. The summed E-state index contributed by atoms with van der Waals surface area (Å²) >= 11 is 6.44. The molecule has 0 bridgehead atoms. The first-order valence-electron chi connectivity index (χ1n) is 11.4. The maximum Gasteiger partial charge on any atom is 0.267 e. The van der Waals surface area contributed by atoms with Crippen molar-refractivity contribution in [1.29, 1.82) is 0 Å². The van der Waals surface area contributed by atoms with Crippen LogP contribution in [-0.4, -0.2) is 50.6 Å². The van der Waals surface area contributed by atoms with Crippen LogP contribution in [-0.2, 0) is 0 Å². The van der Waals surface area contributed by atoms with Gasteiger partial charge in [-0.05, 0) is 37.1 Å². The molecule has 1 unspecified atom stereocenters. The highest BCUT2D eigenvalue weighted by Crippen LogP contribution is 2.39. The molecular weight excluding hydrogens is 466 g/mol. The van der Waals surface area contributed by atoms with E-state index in [0.29, 0.717) is 57.8 Å². The third-order valence-corrected chi connectivity index (χ3v) is 6.90. The SMILES string of the molecule is CN1CNc2ncnc(N3CCCC3c3nc4cccc(Cl)c4c(=O)n3-c3ccccc3)c2C1=O. The number of hydrogen-bond acceptors (Lipinski definition) is 7. The van der Waals surface area contributed by atoms with Gasteiger partial charge < -0.3 is 15.1 Å². The fraction of sp³-hybridized carbons (Fsp3) is 0.240. The predicted octanol–water partition coefficient (Wildman–Crippen LogP) is 3.63. The van der Waals surface area contributed by atoms with Crippen LogP contribution in [0.5, 0.6) is 0 Å². The van der Waals surface area contributed by atoms with Gasteiger partial charge in [0.05, 0.1) is 34.3 Å². The summed E-state index contributed by atoms with van der Waals surface area (Å²) in [6.45, 7) is 1.05. The van der Waals surface area contributed by atoms with Crippen LogP contribution in [0.15, 0.2) is 59.7 Å². The van der Waals surface area contributed by atoms with Gasteiger partial charge >= 0.3 is 0 Å². The molecule has 176 valence electrons. The lowest BCUT2D eigenvalue weighted by Gasteiger charge is -2.32. The number of hydrogen-bond donors (Lipinski definition) is 1. The van der Waals surface area contributed by atoms with Gasteiger partial charge in [0.15, 0.2) is 0 Å². The number of halogens is 1. The van der Waals surface area contributed by atoms with Gasteiger partial charge in [0.1, 0.15) is 29.4 Å². The first-order valence-corrected chi connectivity index (χ1v) is 11.8. The normalized spacial score (nSPS) is 17.5. The maximum absolute atomic E-state index is 13.8. The topological polar surface area (TPSA) is 96.2 Å². The van der Waals surface area contributed by atoms with Crippen LogP contribution >= 0.6 is 11.6 Å². The Balaban J connectivity index is 1.58. The van der Waals surface area contributed by atoms with Crippen LogP contribution < -0.4 is 15.8 Å². The summed E-state index contributed by atoms with van der Waals surface area (Å²) < 4.78 is 1.64. The lowest BCUT2D eigenvalue weighted by Crippen LogP contribution is -2.40. The fourth-order valence-corrected chi connectivity index (χ4v) is 5.18. The number of nitrogens with zero attached hydrogens (tertiary/aromatic N) is 6. The Labute approximate surface area is 206 Å². The molecule has 2 aliphatic heterocycles. The van der Waals surface area contributed by atoms with Crippen molar-refractivity contribution in [3.63, 3.8) is 0 Å². The molecule has 6 rings (SSSR count). The molecule has 1 saturated heterocycles. The van der Waals surface area contributed by atoms with Gasteiger partial charge in [0, 0.05) is 13.6 Å². The molecule has 35 heavy (non-hydrogen) atoms. The van der Waals surface area contributed by atoms with E-state index in [-0.39, 0.29) is 17.5 Å². The molecule has 2 aliphatic rings. The average molecular weight is 488 g/mol. The van der Waals surface area contributed by atoms with Crippen LogP contribution in [0, 0.1) is 0 Å². The number of para-hydroxylation sites is 1. The van der Waals surface area contributed by atoms with E-state index in [4.69, 9.17) is 16.6 Å². The minimum absolute atomic E-state index is 0.140. The van der Waals surface area contributed by atoms with E-state index in [1.165, 1.54) is 6.33 Å². The molecule has 0 spiro atoms. The van der Waals surface area contributed by atoms with Gasteiger partial charge in [0.2, 0.25) is 0 Å². The first-order chi connectivity index (χ1) is 17.0. The summed E-state index contributed by atoms with van der Waals surface area (Å²) in [6.07, 6.45) is 3.08. The van der Waals surface area contributed by atoms with E-state index in [2.05, 4.69) is 20.2 Å². The van der Waals surface area contributed by atoms with Gasteiger partial charge in [-0.2, -0.15) is 0 Å². The van der Waals surface area contributed by atoms with Crippen molar-refractivity contribution >= 4 is 40.0 Å². The molecule has 1 amide bonds. The Morgan fingerprint density at radius 3 is 2.71 bits per heavy atom. The zero-order valence-corrected chi connectivity index (χ0v) is 19.7. The summed E-state index contributed by atoms with van der Waals surface area (Å²) in [6, 6.07) is 14.5. The van der Waals surface area contributed by atoms with Crippen LogP contribution in [0.3, 0.4) is 0 Å². The number of carbonyl (C=O) groups excluding carboxylic acids is 1. The van der Waals surface area contributed by atoms with Crippen molar-refractivity contribution in [2.45, 2.75) is 18.9 Å². The molecule has 4 aromatic rings. The zero-order chi connectivity index (χ0) is 24.1. The molecule has 0 saturated carbocycles. The van der Waals surface area contributed by atoms with Crippen molar-refractivity contribution < 1.29 is 4.79 Å².